The van der Waals surface area contributed by atoms with Gasteiger partial charge >= 0.3 is 0 Å². The Morgan fingerprint density at radius 1 is 1.00 bits per heavy atom. The van der Waals surface area contributed by atoms with Gasteiger partial charge in [-0.3, -0.25) is 4.79 Å². The number of amides is 1. The van der Waals surface area contributed by atoms with E-state index in [2.05, 4.69) is 38.7 Å². The molecular weight excluding hydrogens is 714 g/mol. The second kappa shape index (κ2) is 15.2. The molecule has 5 aromatic rings. The molecule has 2 heterocycles. The molecule has 12 heteroatoms. The van der Waals surface area contributed by atoms with Crippen LogP contribution in [0.25, 0.3) is 0 Å². The van der Waals surface area contributed by atoms with E-state index in [4.69, 9.17) is 35.9 Å². The maximum absolute atomic E-state index is 14.2. The molecule has 0 fully saturated rings. The minimum absolute atomic E-state index is 0.320. The van der Waals surface area contributed by atoms with Gasteiger partial charge in [0.15, 0.2) is 11.5 Å². The fourth-order valence-corrected chi connectivity index (χ4v) is 7.13. The Labute approximate surface area is 296 Å². The summed E-state index contributed by atoms with van der Waals surface area (Å²) in [7, 11) is 3.16. The van der Waals surface area contributed by atoms with Crippen LogP contribution in [-0.4, -0.2) is 41.5 Å². The molecule has 0 aliphatic carbocycles. The Balaban J connectivity index is 1.36. The second-order valence-corrected chi connectivity index (χ2v) is 13.1. The summed E-state index contributed by atoms with van der Waals surface area (Å²) in [6.07, 6.45) is 0.735. The first-order chi connectivity index (χ1) is 23.4. The number of carbonyl (C=O) groups is 1. The number of hydrogen-bond donors (Lipinski definition) is 2. The SMILES string of the molecule is COc1ccccc1NC(=O)C1=C(C)Nc2nc(SCc3ccccc3Cl)nn2C1c1cc(Br)c(OCCc2ccccc2)c(OC)c1. The predicted molar refractivity (Wildman–Crippen MR) is 193 cm³/mol. The number of benzene rings is 4. The van der Waals surface area contributed by atoms with E-state index in [0.29, 0.717) is 67.2 Å². The van der Waals surface area contributed by atoms with Gasteiger partial charge < -0.3 is 24.8 Å². The highest BCUT2D eigenvalue weighted by Gasteiger charge is 2.36. The van der Waals surface area contributed by atoms with Crippen molar-refractivity contribution in [1.82, 2.24) is 14.8 Å². The van der Waals surface area contributed by atoms with Gasteiger partial charge in [-0.25, -0.2) is 4.68 Å². The van der Waals surface area contributed by atoms with Gasteiger partial charge in [-0.1, -0.05) is 84.0 Å². The van der Waals surface area contributed by atoms with E-state index in [1.807, 2.05) is 73.7 Å². The lowest BCUT2D eigenvalue weighted by Gasteiger charge is -2.29. The molecule has 1 unspecified atom stereocenters. The third-order valence-corrected chi connectivity index (χ3v) is 9.64. The van der Waals surface area contributed by atoms with Crippen molar-refractivity contribution >= 4 is 56.8 Å². The van der Waals surface area contributed by atoms with E-state index in [9.17, 15) is 4.79 Å². The van der Waals surface area contributed by atoms with Crippen LogP contribution in [-0.2, 0) is 17.0 Å². The Hall–Kier alpha value is -4.45. The number of anilines is 2. The number of rotatable bonds is 12. The lowest BCUT2D eigenvalue weighted by Crippen LogP contribution is -2.31. The molecule has 48 heavy (non-hydrogen) atoms. The molecule has 0 saturated heterocycles. The average Bonchev–Trinajstić information content (AvgIpc) is 3.50. The van der Waals surface area contributed by atoms with Gasteiger partial charge in [-0.15, -0.1) is 5.10 Å². The van der Waals surface area contributed by atoms with Gasteiger partial charge in [0.2, 0.25) is 11.1 Å². The Morgan fingerprint density at radius 3 is 2.50 bits per heavy atom. The molecule has 2 N–H and O–H groups in total. The number of halogens is 2. The topological polar surface area (TPSA) is 99.5 Å². The normalized spacial score (nSPS) is 13.8. The lowest BCUT2D eigenvalue weighted by molar-refractivity contribution is -0.113. The molecule has 9 nitrogen and oxygen atoms in total. The zero-order valence-corrected chi connectivity index (χ0v) is 29.7. The van der Waals surface area contributed by atoms with Crippen LogP contribution in [0.1, 0.15) is 29.7 Å². The van der Waals surface area contributed by atoms with E-state index in [1.54, 1.807) is 31.0 Å². The van der Waals surface area contributed by atoms with Crippen molar-refractivity contribution in [2.24, 2.45) is 0 Å². The summed E-state index contributed by atoms with van der Waals surface area (Å²) in [6.45, 7) is 2.31. The molecule has 1 aromatic heterocycles. The third kappa shape index (κ3) is 7.33. The van der Waals surface area contributed by atoms with Crippen molar-refractivity contribution in [3.8, 4) is 17.2 Å². The first kappa shape index (κ1) is 33.5. The number of carbonyl (C=O) groups excluding carboxylic acids is 1. The number of nitrogens with zero attached hydrogens (tertiary/aromatic N) is 3. The molecule has 1 aliphatic rings. The first-order valence-electron chi connectivity index (χ1n) is 15.1. The largest absolute Gasteiger partial charge is 0.495 e. The predicted octanol–water partition coefficient (Wildman–Crippen LogP) is 8.55. The smallest absolute Gasteiger partial charge is 0.255 e. The van der Waals surface area contributed by atoms with Crippen LogP contribution >= 0.6 is 39.3 Å². The molecule has 1 atom stereocenters. The van der Waals surface area contributed by atoms with Crippen LogP contribution in [0.3, 0.4) is 0 Å². The van der Waals surface area contributed by atoms with Gasteiger partial charge in [0, 0.05) is 22.9 Å². The molecule has 0 saturated carbocycles. The van der Waals surface area contributed by atoms with Crippen molar-refractivity contribution in [1.29, 1.82) is 0 Å². The third-order valence-electron chi connectivity index (χ3n) is 7.80. The average molecular weight is 747 g/mol. The van der Waals surface area contributed by atoms with Crippen LogP contribution in [0.4, 0.5) is 11.6 Å². The fourth-order valence-electron chi connectivity index (χ4n) is 5.44. The summed E-state index contributed by atoms with van der Waals surface area (Å²) < 4.78 is 20.0. The zero-order chi connectivity index (χ0) is 33.6. The van der Waals surface area contributed by atoms with Crippen LogP contribution < -0.4 is 24.8 Å². The summed E-state index contributed by atoms with van der Waals surface area (Å²) >= 11 is 11.6. The molecule has 4 aromatic carbocycles. The molecule has 1 amide bonds. The number of thioether (sulfide) groups is 1. The summed E-state index contributed by atoms with van der Waals surface area (Å²) in [4.78, 5) is 18.9. The second-order valence-electron chi connectivity index (χ2n) is 10.9. The quantitative estimate of drug-likeness (QED) is 0.123. The van der Waals surface area contributed by atoms with Gasteiger partial charge in [0.1, 0.15) is 11.8 Å². The van der Waals surface area contributed by atoms with Crippen molar-refractivity contribution in [2.75, 3.05) is 31.5 Å². The molecule has 0 bridgehead atoms. The Bertz CT molecular complexity index is 1970. The van der Waals surface area contributed by atoms with Crippen molar-refractivity contribution in [2.45, 2.75) is 30.3 Å². The monoisotopic (exact) mass is 745 g/mol. The van der Waals surface area contributed by atoms with E-state index in [1.165, 1.54) is 17.3 Å². The highest BCUT2D eigenvalue weighted by Crippen LogP contribution is 2.43. The first-order valence-corrected chi connectivity index (χ1v) is 17.3. The minimum Gasteiger partial charge on any atom is -0.495 e. The van der Waals surface area contributed by atoms with Crippen molar-refractivity contribution < 1.29 is 19.0 Å². The van der Waals surface area contributed by atoms with Crippen LogP contribution in [0.15, 0.2) is 112 Å². The summed E-state index contributed by atoms with van der Waals surface area (Å²) in [6, 6.07) is 28.3. The number of ether oxygens (including phenoxy) is 3. The summed E-state index contributed by atoms with van der Waals surface area (Å²) in [5.74, 6) is 2.40. The van der Waals surface area contributed by atoms with Crippen molar-refractivity contribution in [3.05, 3.63) is 128 Å². The number of aromatic nitrogens is 3. The van der Waals surface area contributed by atoms with Crippen LogP contribution in [0, 0.1) is 0 Å². The number of allylic oxidation sites excluding steroid dienone is 1. The number of para-hydroxylation sites is 2. The minimum atomic E-state index is -0.665. The van der Waals surface area contributed by atoms with Gasteiger partial charge in [-0.2, -0.15) is 4.98 Å². The molecular formula is C36H33BrClN5O4S. The zero-order valence-electron chi connectivity index (χ0n) is 26.5. The maximum Gasteiger partial charge on any atom is 0.255 e. The van der Waals surface area contributed by atoms with Crippen LogP contribution in [0.5, 0.6) is 17.2 Å². The number of hydrogen-bond acceptors (Lipinski definition) is 8. The molecule has 0 spiro atoms. The maximum atomic E-state index is 14.2. The fraction of sp³-hybridized carbons (Fsp3) is 0.194. The lowest BCUT2D eigenvalue weighted by atomic mass is 9.94. The standard InChI is InChI=1S/C36H33BrClN5O4S/c1-22-31(34(44)40-28-15-9-10-16-29(28)45-2)32(43-35(39-22)41-36(42-43)48-21-24-13-7-8-14-27(24)38)25-19-26(37)33(30(20-25)46-3)47-18-17-23-11-5-4-6-12-23/h4-16,19-20,32H,17-18,21H2,1-3H3,(H,40,44)(H,39,41,42). The summed E-state index contributed by atoms with van der Waals surface area (Å²) in [5, 5.41) is 12.4. The molecule has 6 rings (SSSR count). The number of nitrogens with one attached hydrogen (secondary N) is 2. The molecule has 0 radical (unpaired) electrons. The van der Waals surface area contributed by atoms with E-state index in [-0.39, 0.29) is 5.91 Å². The van der Waals surface area contributed by atoms with Crippen LogP contribution in [0.2, 0.25) is 5.02 Å². The van der Waals surface area contributed by atoms with E-state index >= 15 is 0 Å². The van der Waals surface area contributed by atoms with E-state index in [0.717, 1.165) is 17.5 Å². The van der Waals surface area contributed by atoms with E-state index < -0.39 is 6.04 Å². The van der Waals surface area contributed by atoms with Gasteiger partial charge in [0.25, 0.3) is 5.91 Å². The molecule has 246 valence electrons. The van der Waals surface area contributed by atoms with Crippen molar-refractivity contribution in [3.63, 3.8) is 0 Å². The Kier molecular flexibility index (Phi) is 10.6. The summed E-state index contributed by atoms with van der Waals surface area (Å²) in [5.41, 5.74) is 4.52. The number of methoxy groups -OCH3 is 2. The Morgan fingerprint density at radius 2 is 1.73 bits per heavy atom. The number of fused-ring (bicyclic) bond motifs is 1. The van der Waals surface area contributed by atoms with Gasteiger partial charge in [-0.05, 0) is 69.9 Å². The highest BCUT2D eigenvalue weighted by atomic mass is 79.9. The highest BCUT2D eigenvalue weighted by molar-refractivity contribution is 9.10. The molecule has 1 aliphatic heterocycles. The van der Waals surface area contributed by atoms with Gasteiger partial charge in [0.05, 0.1) is 36.6 Å².